The number of carbonyl (C=O) groups is 1. The summed E-state index contributed by atoms with van der Waals surface area (Å²) in [5.74, 6) is 0.146. The van der Waals surface area contributed by atoms with Crippen molar-refractivity contribution in [2.75, 3.05) is 19.0 Å². The summed E-state index contributed by atoms with van der Waals surface area (Å²) in [4.78, 5) is 12.4. The van der Waals surface area contributed by atoms with Crippen molar-refractivity contribution in [3.8, 4) is 0 Å². The zero-order chi connectivity index (χ0) is 13.2. The molecule has 1 aliphatic carbocycles. The van der Waals surface area contributed by atoms with E-state index in [1.54, 1.807) is 7.11 Å². The summed E-state index contributed by atoms with van der Waals surface area (Å²) in [6.07, 6.45) is 3.07. The second-order valence-electron chi connectivity index (χ2n) is 5.39. The molecule has 2 aliphatic rings. The SMILES string of the molecule is COC1CC(NC(=O)C2CCNc3ccccc32)C1. The van der Waals surface area contributed by atoms with Crippen LogP contribution in [-0.2, 0) is 9.53 Å². The summed E-state index contributed by atoms with van der Waals surface area (Å²) in [6.45, 7) is 0.862. The first-order valence-corrected chi connectivity index (χ1v) is 6.94. The molecule has 0 saturated heterocycles. The quantitative estimate of drug-likeness (QED) is 0.872. The number of nitrogens with one attached hydrogen (secondary N) is 2. The van der Waals surface area contributed by atoms with Gasteiger partial charge in [-0.25, -0.2) is 0 Å². The third kappa shape index (κ3) is 2.45. The van der Waals surface area contributed by atoms with Gasteiger partial charge in [0, 0.05) is 25.4 Å². The Balaban J connectivity index is 1.65. The van der Waals surface area contributed by atoms with Crippen molar-refractivity contribution in [2.45, 2.75) is 37.3 Å². The van der Waals surface area contributed by atoms with Crippen LogP contribution < -0.4 is 10.6 Å². The van der Waals surface area contributed by atoms with Crippen molar-refractivity contribution in [1.29, 1.82) is 0 Å². The molecule has 2 N–H and O–H groups in total. The van der Waals surface area contributed by atoms with E-state index in [1.165, 1.54) is 0 Å². The van der Waals surface area contributed by atoms with Crippen molar-refractivity contribution in [3.63, 3.8) is 0 Å². The second-order valence-corrected chi connectivity index (χ2v) is 5.39. The number of benzene rings is 1. The Morgan fingerprint density at radius 2 is 2.16 bits per heavy atom. The van der Waals surface area contributed by atoms with E-state index in [1.807, 2.05) is 24.3 Å². The van der Waals surface area contributed by atoms with Gasteiger partial charge in [0.25, 0.3) is 0 Å². The maximum absolute atomic E-state index is 12.4. The van der Waals surface area contributed by atoms with E-state index in [-0.39, 0.29) is 11.8 Å². The fourth-order valence-corrected chi connectivity index (χ4v) is 2.92. The minimum absolute atomic E-state index is 0.0148. The molecule has 3 rings (SSSR count). The Morgan fingerprint density at radius 3 is 2.95 bits per heavy atom. The maximum atomic E-state index is 12.4. The molecule has 1 amide bonds. The summed E-state index contributed by atoms with van der Waals surface area (Å²) >= 11 is 0. The number of carbonyl (C=O) groups excluding carboxylic acids is 1. The molecule has 4 heteroatoms. The molecule has 0 radical (unpaired) electrons. The molecule has 1 aliphatic heterocycles. The average Bonchev–Trinajstić information content (AvgIpc) is 2.41. The standard InChI is InChI=1S/C15H20N2O2/c1-19-11-8-10(9-11)17-15(18)13-6-7-16-14-5-3-2-4-12(13)14/h2-5,10-11,13,16H,6-9H2,1H3,(H,17,18). The highest BCUT2D eigenvalue weighted by atomic mass is 16.5. The number of anilines is 1. The summed E-state index contributed by atoms with van der Waals surface area (Å²) in [7, 11) is 1.73. The normalized spacial score (nSPS) is 28.8. The molecule has 19 heavy (non-hydrogen) atoms. The number of methoxy groups -OCH3 is 1. The first-order chi connectivity index (χ1) is 9.28. The molecule has 1 unspecified atom stereocenters. The predicted octanol–water partition coefficient (Wildman–Crippen LogP) is 1.88. The molecular weight excluding hydrogens is 240 g/mol. The summed E-state index contributed by atoms with van der Waals surface area (Å²) in [5, 5.41) is 6.49. The monoisotopic (exact) mass is 260 g/mol. The largest absolute Gasteiger partial charge is 0.385 e. The summed E-state index contributed by atoms with van der Waals surface area (Å²) < 4.78 is 5.24. The summed E-state index contributed by atoms with van der Waals surface area (Å²) in [5.41, 5.74) is 2.21. The van der Waals surface area contributed by atoms with Crippen LogP contribution in [0, 0.1) is 0 Å². The number of amides is 1. The van der Waals surface area contributed by atoms with Gasteiger partial charge in [0.15, 0.2) is 0 Å². The predicted molar refractivity (Wildman–Crippen MR) is 74.3 cm³/mol. The molecular formula is C15H20N2O2. The third-order valence-electron chi connectivity index (χ3n) is 4.18. The number of ether oxygens (including phenoxy) is 1. The first-order valence-electron chi connectivity index (χ1n) is 6.94. The van der Waals surface area contributed by atoms with Crippen molar-refractivity contribution in [3.05, 3.63) is 29.8 Å². The van der Waals surface area contributed by atoms with E-state index in [2.05, 4.69) is 10.6 Å². The van der Waals surface area contributed by atoms with Gasteiger partial charge in [0.05, 0.1) is 12.0 Å². The second kappa shape index (κ2) is 5.21. The minimum atomic E-state index is -0.0148. The molecule has 1 aromatic rings. The van der Waals surface area contributed by atoms with Crippen LogP contribution in [-0.4, -0.2) is 31.7 Å². The van der Waals surface area contributed by atoms with Crippen LogP contribution in [0.15, 0.2) is 24.3 Å². The van der Waals surface area contributed by atoms with Crippen LogP contribution in [0.1, 0.15) is 30.7 Å². The van der Waals surface area contributed by atoms with Gasteiger partial charge in [0.2, 0.25) is 5.91 Å². The number of hydrogen-bond donors (Lipinski definition) is 2. The van der Waals surface area contributed by atoms with E-state index < -0.39 is 0 Å². The van der Waals surface area contributed by atoms with Gasteiger partial charge in [-0.2, -0.15) is 0 Å². The Hall–Kier alpha value is -1.55. The molecule has 0 spiro atoms. The van der Waals surface area contributed by atoms with Gasteiger partial charge >= 0.3 is 0 Å². The highest BCUT2D eigenvalue weighted by Gasteiger charge is 2.33. The molecule has 1 aromatic carbocycles. The Kier molecular flexibility index (Phi) is 3.42. The van der Waals surface area contributed by atoms with Crippen LogP contribution in [0.5, 0.6) is 0 Å². The van der Waals surface area contributed by atoms with Crippen LogP contribution in [0.2, 0.25) is 0 Å². The summed E-state index contributed by atoms with van der Waals surface area (Å²) in [6, 6.07) is 8.38. The lowest BCUT2D eigenvalue weighted by Crippen LogP contribution is -2.49. The number of para-hydroxylation sites is 1. The molecule has 4 nitrogen and oxygen atoms in total. The smallest absolute Gasteiger partial charge is 0.227 e. The van der Waals surface area contributed by atoms with Crippen molar-refractivity contribution >= 4 is 11.6 Å². The molecule has 1 heterocycles. The van der Waals surface area contributed by atoms with Gasteiger partial charge in [0.1, 0.15) is 0 Å². The molecule has 1 atom stereocenters. The topological polar surface area (TPSA) is 50.4 Å². The fraction of sp³-hybridized carbons (Fsp3) is 0.533. The fourth-order valence-electron chi connectivity index (χ4n) is 2.92. The van der Waals surface area contributed by atoms with Crippen molar-refractivity contribution < 1.29 is 9.53 Å². The van der Waals surface area contributed by atoms with Gasteiger partial charge in [-0.3, -0.25) is 4.79 Å². The average molecular weight is 260 g/mol. The lowest BCUT2D eigenvalue weighted by molar-refractivity contribution is -0.125. The van der Waals surface area contributed by atoms with E-state index in [0.29, 0.717) is 12.1 Å². The highest BCUT2D eigenvalue weighted by Crippen LogP contribution is 2.32. The van der Waals surface area contributed by atoms with Gasteiger partial charge in [-0.15, -0.1) is 0 Å². The Morgan fingerprint density at radius 1 is 1.37 bits per heavy atom. The van der Waals surface area contributed by atoms with Gasteiger partial charge in [-0.1, -0.05) is 18.2 Å². The first kappa shape index (κ1) is 12.5. The van der Waals surface area contributed by atoms with Crippen LogP contribution in [0.4, 0.5) is 5.69 Å². The minimum Gasteiger partial charge on any atom is -0.385 e. The number of rotatable bonds is 3. The van der Waals surface area contributed by atoms with Crippen molar-refractivity contribution in [2.24, 2.45) is 0 Å². The number of fused-ring (bicyclic) bond motifs is 1. The van der Waals surface area contributed by atoms with Gasteiger partial charge in [-0.05, 0) is 30.9 Å². The maximum Gasteiger partial charge on any atom is 0.227 e. The van der Waals surface area contributed by atoms with E-state index in [9.17, 15) is 4.79 Å². The Bertz CT molecular complexity index is 469. The van der Waals surface area contributed by atoms with Crippen LogP contribution >= 0.6 is 0 Å². The molecule has 1 saturated carbocycles. The van der Waals surface area contributed by atoms with Crippen LogP contribution in [0.3, 0.4) is 0 Å². The van der Waals surface area contributed by atoms with E-state index in [0.717, 1.165) is 37.1 Å². The number of hydrogen-bond acceptors (Lipinski definition) is 3. The highest BCUT2D eigenvalue weighted by molar-refractivity contribution is 5.86. The van der Waals surface area contributed by atoms with Crippen molar-refractivity contribution in [1.82, 2.24) is 5.32 Å². The molecule has 1 fully saturated rings. The zero-order valence-corrected chi connectivity index (χ0v) is 11.2. The molecule has 0 aromatic heterocycles. The van der Waals surface area contributed by atoms with Gasteiger partial charge < -0.3 is 15.4 Å². The Labute approximate surface area is 113 Å². The lowest BCUT2D eigenvalue weighted by Gasteiger charge is -2.36. The lowest BCUT2D eigenvalue weighted by atomic mass is 9.86. The van der Waals surface area contributed by atoms with E-state index >= 15 is 0 Å². The molecule has 102 valence electrons. The molecule has 0 bridgehead atoms. The zero-order valence-electron chi connectivity index (χ0n) is 11.2. The van der Waals surface area contributed by atoms with E-state index in [4.69, 9.17) is 4.74 Å². The van der Waals surface area contributed by atoms with Crippen LogP contribution in [0.25, 0.3) is 0 Å². The third-order valence-corrected chi connectivity index (χ3v) is 4.18.